The van der Waals surface area contributed by atoms with Gasteiger partial charge in [-0.3, -0.25) is 14.9 Å². The molecule has 0 bridgehead atoms. The number of hydrogen-bond donors (Lipinski definition) is 1. The summed E-state index contributed by atoms with van der Waals surface area (Å²) in [6.45, 7) is 5.55. The SMILES string of the molecule is Cc1cc(C)c(OCC(=O)Nc2c([N+](=O)[O-])cnn2C)c(C)c1. The standard InChI is InChI=1S/C15H18N4O4/c1-9-5-10(2)14(11(3)6-9)23-8-13(20)17-15-12(19(21)22)7-16-18(15)4/h5-7H,8H2,1-4H3,(H,17,20). The number of ether oxygens (including phenoxy) is 1. The molecule has 8 heteroatoms. The number of amides is 1. The molecule has 2 rings (SSSR count). The first-order valence-corrected chi connectivity index (χ1v) is 6.96. The summed E-state index contributed by atoms with van der Waals surface area (Å²) in [5.41, 5.74) is 2.72. The zero-order valence-corrected chi connectivity index (χ0v) is 13.4. The Bertz CT molecular complexity index is 744. The van der Waals surface area contributed by atoms with Crippen molar-refractivity contribution in [2.24, 2.45) is 7.05 Å². The van der Waals surface area contributed by atoms with E-state index in [0.29, 0.717) is 5.75 Å². The zero-order valence-electron chi connectivity index (χ0n) is 13.4. The van der Waals surface area contributed by atoms with Crippen molar-refractivity contribution >= 4 is 17.4 Å². The topological polar surface area (TPSA) is 99.3 Å². The van der Waals surface area contributed by atoms with Crippen molar-refractivity contribution in [1.82, 2.24) is 9.78 Å². The van der Waals surface area contributed by atoms with Crippen LogP contribution in [0.1, 0.15) is 16.7 Å². The Kier molecular flexibility index (Phi) is 4.63. The lowest BCUT2D eigenvalue weighted by molar-refractivity contribution is -0.384. The molecule has 23 heavy (non-hydrogen) atoms. The van der Waals surface area contributed by atoms with Crippen LogP contribution in [0.4, 0.5) is 11.5 Å². The summed E-state index contributed by atoms with van der Waals surface area (Å²) in [6.07, 6.45) is 1.09. The van der Waals surface area contributed by atoms with E-state index in [0.717, 1.165) is 22.9 Å². The fourth-order valence-corrected chi connectivity index (χ4v) is 2.40. The van der Waals surface area contributed by atoms with Crippen LogP contribution in [0.25, 0.3) is 0 Å². The number of carbonyl (C=O) groups excluding carboxylic acids is 1. The van der Waals surface area contributed by atoms with Crippen molar-refractivity contribution in [2.75, 3.05) is 11.9 Å². The highest BCUT2D eigenvalue weighted by Crippen LogP contribution is 2.25. The summed E-state index contributed by atoms with van der Waals surface area (Å²) in [4.78, 5) is 22.3. The van der Waals surface area contributed by atoms with Crippen LogP contribution in [0.15, 0.2) is 18.3 Å². The molecule has 0 aliphatic rings. The number of rotatable bonds is 5. The van der Waals surface area contributed by atoms with E-state index in [1.807, 2.05) is 32.9 Å². The van der Waals surface area contributed by atoms with Gasteiger partial charge in [0, 0.05) is 7.05 Å². The Hall–Kier alpha value is -2.90. The normalized spacial score (nSPS) is 10.4. The maximum Gasteiger partial charge on any atom is 0.331 e. The maximum absolute atomic E-state index is 12.0. The number of nitrogens with zero attached hydrogens (tertiary/aromatic N) is 3. The number of nitro groups is 1. The van der Waals surface area contributed by atoms with Crippen molar-refractivity contribution in [3.05, 3.63) is 45.1 Å². The predicted molar refractivity (Wildman–Crippen MR) is 84.6 cm³/mol. The highest BCUT2D eigenvalue weighted by Gasteiger charge is 2.21. The second kappa shape index (κ2) is 6.47. The van der Waals surface area contributed by atoms with Gasteiger partial charge in [0.1, 0.15) is 11.9 Å². The Balaban J connectivity index is 2.07. The minimum atomic E-state index is -0.599. The van der Waals surface area contributed by atoms with Crippen LogP contribution >= 0.6 is 0 Å². The van der Waals surface area contributed by atoms with E-state index in [1.165, 1.54) is 11.7 Å². The molecule has 1 N–H and O–H groups in total. The Morgan fingerprint density at radius 1 is 1.35 bits per heavy atom. The molecule has 1 amide bonds. The van der Waals surface area contributed by atoms with Gasteiger partial charge in [-0.15, -0.1) is 0 Å². The lowest BCUT2D eigenvalue weighted by Crippen LogP contribution is -2.22. The van der Waals surface area contributed by atoms with Crippen LogP contribution in [-0.2, 0) is 11.8 Å². The molecule has 2 aromatic rings. The molecule has 0 radical (unpaired) electrons. The molecule has 1 aromatic carbocycles. The smallest absolute Gasteiger partial charge is 0.331 e. The molecule has 0 aliphatic carbocycles. The first-order valence-electron chi connectivity index (χ1n) is 6.96. The van der Waals surface area contributed by atoms with Crippen LogP contribution in [0, 0.1) is 30.9 Å². The molecule has 0 saturated heterocycles. The molecule has 0 unspecified atom stereocenters. The van der Waals surface area contributed by atoms with Crippen LogP contribution in [-0.4, -0.2) is 27.2 Å². The van der Waals surface area contributed by atoms with Crippen LogP contribution < -0.4 is 10.1 Å². The van der Waals surface area contributed by atoms with Crippen molar-refractivity contribution < 1.29 is 14.5 Å². The van der Waals surface area contributed by atoms with Crippen molar-refractivity contribution in [2.45, 2.75) is 20.8 Å². The predicted octanol–water partition coefficient (Wildman–Crippen LogP) is 2.27. The fourth-order valence-electron chi connectivity index (χ4n) is 2.40. The fraction of sp³-hybridized carbons (Fsp3) is 0.333. The third-order valence-electron chi connectivity index (χ3n) is 3.33. The molecule has 0 spiro atoms. The van der Waals surface area contributed by atoms with E-state index < -0.39 is 10.8 Å². The van der Waals surface area contributed by atoms with Crippen molar-refractivity contribution in [3.63, 3.8) is 0 Å². The minimum absolute atomic E-state index is 0.0287. The van der Waals surface area contributed by atoms with Gasteiger partial charge < -0.3 is 10.1 Å². The molecule has 8 nitrogen and oxygen atoms in total. The molecule has 1 aromatic heterocycles. The molecule has 0 saturated carbocycles. The second-order valence-electron chi connectivity index (χ2n) is 5.32. The van der Waals surface area contributed by atoms with E-state index in [2.05, 4.69) is 10.4 Å². The van der Waals surface area contributed by atoms with Gasteiger partial charge in [-0.1, -0.05) is 17.7 Å². The molecule has 0 fully saturated rings. The number of nitrogens with one attached hydrogen (secondary N) is 1. The second-order valence-corrected chi connectivity index (χ2v) is 5.32. The van der Waals surface area contributed by atoms with Gasteiger partial charge in [0.15, 0.2) is 6.61 Å². The summed E-state index contributed by atoms with van der Waals surface area (Å²) >= 11 is 0. The molecular weight excluding hydrogens is 300 g/mol. The van der Waals surface area contributed by atoms with Gasteiger partial charge in [0.2, 0.25) is 5.82 Å². The summed E-state index contributed by atoms with van der Waals surface area (Å²) in [6, 6.07) is 3.93. The summed E-state index contributed by atoms with van der Waals surface area (Å²) < 4.78 is 6.80. The maximum atomic E-state index is 12.0. The van der Waals surface area contributed by atoms with Crippen molar-refractivity contribution in [1.29, 1.82) is 0 Å². The lowest BCUT2D eigenvalue weighted by Gasteiger charge is -2.13. The van der Waals surface area contributed by atoms with Gasteiger partial charge in [-0.25, -0.2) is 4.68 Å². The van der Waals surface area contributed by atoms with E-state index in [9.17, 15) is 14.9 Å². The van der Waals surface area contributed by atoms with Gasteiger partial charge >= 0.3 is 5.69 Å². The molecule has 122 valence electrons. The van der Waals surface area contributed by atoms with E-state index in [-0.39, 0.29) is 18.1 Å². The molecule has 0 atom stereocenters. The Morgan fingerprint density at radius 3 is 2.52 bits per heavy atom. The summed E-state index contributed by atoms with van der Waals surface area (Å²) in [5, 5.41) is 17.1. The zero-order chi connectivity index (χ0) is 17.1. The van der Waals surface area contributed by atoms with Gasteiger partial charge in [0.05, 0.1) is 4.92 Å². The summed E-state index contributed by atoms with van der Waals surface area (Å²) in [7, 11) is 1.51. The average molecular weight is 318 g/mol. The molecule has 0 aliphatic heterocycles. The van der Waals surface area contributed by atoms with E-state index >= 15 is 0 Å². The highest BCUT2D eigenvalue weighted by atomic mass is 16.6. The number of benzene rings is 1. The van der Waals surface area contributed by atoms with Crippen molar-refractivity contribution in [3.8, 4) is 5.75 Å². The largest absolute Gasteiger partial charge is 0.483 e. The number of carbonyl (C=O) groups is 1. The molecule has 1 heterocycles. The number of aryl methyl sites for hydroxylation is 4. The van der Waals surface area contributed by atoms with Crippen LogP contribution in [0.3, 0.4) is 0 Å². The van der Waals surface area contributed by atoms with Crippen LogP contribution in [0.5, 0.6) is 5.75 Å². The Labute approximate surface area is 133 Å². The van der Waals surface area contributed by atoms with E-state index in [1.54, 1.807) is 0 Å². The number of anilines is 1. The highest BCUT2D eigenvalue weighted by molar-refractivity contribution is 5.93. The average Bonchev–Trinajstić information content (AvgIpc) is 2.79. The first kappa shape index (κ1) is 16.5. The van der Waals surface area contributed by atoms with Crippen LogP contribution in [0.2, 0.25) is 0 Å². The monoisotopic (exact) mass is 318 g/mol. The third-order valence-corrected chi connectivity index (χ3v) is 3.33. The Morgan fingerprint density at radius 2 is 1.96 bits per heavy atom. The molecular formula is C15H18N4O4. The summed E-state index contributed by atoms with van der Waals surface area (Å²) in [5.74, 6) is 0.183. The lowest BCUT2D eigenvalue weighted by atomic mass is 10.1. The quantitative estimate of drug-likeness (QED) is 0.673. The van der Waals surface area contributed by atoms with E-state index in [4.69, 9.17) is 4.74 Å². The number of hydrogen-bond acceptors (Lipinski definition) is 5. The van der Waals surface area contributed by atoms with Gasteiger partial charge in [0.25, 0.3) is 5.91 Å². The minimum Gasteiger partial charge on any atom is -0.483 e. The van der Waals surface area contributed by atoms with Gasteiger partial charge in [-0.05, 0) is 31.9 Å². The third kappa shape index (κ3) is 3.65. The van der Waals surface area contributed by atoms with Gasteiger partial charge in [-0.2, -0.15) is 5.10 Å². The first-order chi connectivity index (χ1) is 10.8. The number of aromatic nitrogens is 2.